The summed E-state index contributed by atoms with van der Waals surface area (Å²) in [6.45, 7) is 3.84. The van der Waals surface area contributed by atoms with E-state index in [0.29, 0.717) is 23.6 Å². The van der Waals surface area contributed by atoms with E-state index in [1.165, 1.54) is 23.6 Å². The minimum atomic E-state index is -1.29. The number of hydrogen-bond donors (Lipinski definition) is 1. The van der Waals surface area contributed by atoms with Crippen molar-refractivity contribution in [1.82, 2.24) is 10.2 Å². The standard InChI is InChI=1S/C13H18N2O4S.Na/c1-3-8-9-6-10(20-5-4-14-7(2)16)11(13(18)19)15(9)12(8)17;/h8-9H,3-6H2,1-2H3,(H,14,16)(H,18,19);/q;+1/p-1/t8-,9-;/m1./s1. The van der Waals surface area contributed by atoms with E-state index in [0.717, 1.165) is 6.42 Å². The zero-order chi connectivity index (χ0) is 14.9. The van der Waals surface area contributed by atoms with E-state index < -0.39 is 5.97 Å². The number of amides is 2. The van der Waals surface area contributed by atoms with Crippen molar-refractivity contribution < 1.29 is 49.0 Å². The van der Waals surface area contributed by atoms with Crippen LogP contribution in [0, 0.1) is 5.92 Å². The van der Waals surface area contributed by atoms with Crippen LogP contribution in [0.1, 0.15) is 26.7 Å². The molecule has 0 radical (unpaired) electrons. The molecule has 0 aromatic rings. The third-order valence-electron chi connectivity index (χ3n) is 3.64. The number of rotatable bonds is 6. The molecule has 2 heterocycles. The fraction of sp³-hybridized carbons (Fsp3) is 0.615. The van der Waals surface area contributed by atoms with Crippen LogP contribution in [0.2, 0.25) is 0 Å². The maximum absolute atomic E-state index is 11.9. The van der Waals surface area contributed by atoms with Crippen molar-refractivity contribution in [3.63, 3.8) is 0 Å². The molecule has 0 bridgehead atoms. The van der Waals surface area contributed by atoms with E-state index >= 15 is 0 Å². The average Bonchev–Trinajstić information content (AvgIpc) is 2.70. The van der Waals surface area contributed by atoms with Gasteiger partial charge in [0.1, 0.15) is 0 Å². The Morgan fingerprint density at radius 2 is 2.14 bits per heavy atom. The molecule has 1 N–H and O–H groups in total. The normalized spacial score (nSPS) is 23.3. The number of carbonyl (C=O) groups is 3. The SMILES string of the molecule is CC[C@H]1C(=O)N2C(C(=O)[O-])=C(SCCNC(C)=O)C[C@H]12.[Na+]. The number of fused-ring (bicyclic) bond motifs is 1. The molecule has 0 unspecified atom stereocenters. The van der Waals surface area contributed by atoms with E-state index in [1.54, 1.807) is 0 Å². The molecule has 6 nitrogen and oxygen atoms in total. The smallest absolute Gasteiger partial charge is 0.543 e. The van der Waals surface area contributed by atoms with Gasteiger partial charge in [0.25, 0.3) is 0 Å². The predicted molar refractivity (Wildman–Crippen MR) is 72.2 cm³/mol. The second-order valence-electron chi connectivity index (χ2n) is 4.89. The van der Waals surface area contributed by atoms with Gasteiger partial charge < -0.3 is 20.1 Å². The Balaban J connectivity index is 0.00000220. The summed E-state index contributed by atoms with van der Waals surface area (Å²) in [6, 6.07) is -0.0244. The molecule has 2 amide bonds. The summed E-state index contributed by atoms with van der Waals surface area (Å²) in [5, 5.41) is 13.9. The zero-order valence-corrected chi connectivity index (χ0v) is 15.3. The maximum Gasteiger partial charge on any atom is 1.00 e. The second-order valence-corrected chi connectivity index (χ2v) is 6.07. The van der Waals surface area contributed by atoms with Gasteiger partial charge in [0.15, 0.2) is 0 Å². The van der Waals surface area contributed by atoms with Crippen LogP contribution in [-0.4, -0.2) is 41.0 Å². The van der Waals surface area contributed by atoms with Gasteiger partial charge in [-0.2, -0.15) is 0 Å². The van der Waals surface area contributed by atoms with Crippen LogP contribution in [0.15, 0.2) is 10.6 Å². The number of β-lactam (4-membered cyclic amide) rings is 1. The van der Waals surface area contributed by atoms with Crippen molar-refractivity contribution in [3.8, 4) is 0 Å². The van der Waals surface area contributed by atoms with Crippen LogP contribution in [0.4, 0.5) is 0 Å². The van der Waals surface area contributed by atoms with Gasteiger partial charge in [0.05, 0.1) is 23.6 Å². The maximum atomic E-state index is 11.9. The summed E-state index contributed by atoms with van der Waals surface area (Å²) in [7, 11) is 0. The number of carboxylic acid groups (broad SMARTS) is 1. The quantitative estimate of drug-likeness (QED) is 0.311. The van der Waals surface area contributed by atoms with Crippen molar-refractivity contribution in [2.45, 2.75) is 32.7 Å². The summed E-state index contributed by atoms with van der Waals surface area (Å²) >= 11 is 1.37. The Morgan fingerprint density at radius 3 is 2.67 bits per heavy atom. The first-order valence-electron chi connectivity index (χ1n) is 6.62. The molecule has 2 aliphatic rings. The molecule has 8 heteroatoms. The number of hydrogen-bond acceptors (Lipinski definition) is 5. The van der Waals surface area contributed by atoms with E-state index in [2.05, 4.69) is 5.32 Å². The summed E-state index contributed by atoms with van der Waals surface area (Å²) < 4.78 is 0. The van der Waals surface area contributed by atoms with Crippen LogP contribution in [0.25, 0.3) is 0 Å². The number of thioether (sulfide) groups is 1. The van der Waals surface area contributed by atoms with Crippen molar-refractivity contribution in [3.05, 3.63) is 10.6 Å². The van der Waals surface area contributed by atoms with Gasteiger partial charge in [-0.3, -0.25) is 9.59 Å². The molecule has 2 aliphatic heterocycles. The van der Waals surface area contributed by atoms with Crippen LogP contribution >= 0.6 is 11.8 Å². The largest absolute Gasteiger partial charge is 1.00 e. The van der Waals surface area contributed by atoms with Crippen LogP contribution in [0.3, 0.4) is 0 Å². The Morgan fingerprint density at radius 1 is 1.48 bits per heavy atom. The first-order chi connectivity index (χ1) is 9.47. The topological polar surface area (TPSA) is 89.5 Å². The monoisotopic (exact) mass is 320 g/mol. The van der Waals surface area contributed by atoms with Crippen molar-refractivity contribution in [2.24, 2.45) is 5.92 Å². The Kier molecular flexibility index (Phi) is 6.77. The number of nitrogens with zero attached hydrogens (tertiary/aromatic N) is 1. The number of nitrogens with one attached hydrogen (secondary N) is 1. The summed E-state index contributed by atoms with van der Waals surface area (Å²) in [4.78, 5) is 35.9. The summed E-state index contributed by atoms with van der Waals surface area (Å²) in [5.41, 5.74) is 0.0255. The van der Waals surface area contributed by atoms with Crippen LogP contribution in [0.5, 0.6) is 0 Å². The van der Waals surface area contributed by atoms with Gasteiger partial charge in [-0.15, -0.1) is 11.8 Å². The molecule has 2 rings (SSSR count). The van der Waals surface area contributed by atoms with Gasteiger partial charge in [-0.1, -0.05) is 6.92 Å². The second kappa shape index (κ2) is 7.67. The number of carbonyl (C=O) groups excluding carboxylic acids is 3. The van der Waals surface area contributed by atoms with E-state index in [-0.39, 0.29) is 59.0 Å². The molecule has 1 saturated heterocycles. The first kappa shape index (κ1) is 18.5. The van der Waals surface area contributed by atoms with Gasteiger partial charge in [0, 0.05) is 30.5 Å². The van der Waals surface area contributed by atoms with Crippen LogP contribution in [-0.2, 0) is 14.4 Å². The fourth-order valence-electron chi connectivity index (χ4n) is 2.72. The Labute approximate surface area is 150 Å². The van der Waals surface area contributed by atoms with Gasteiger partial charge >= 0.3 is 29.6 Å². The Hall–Kier alpha value is -0.500. The number of carboxylic acids is 1. The van der Waals surface area contributed by atoms with Crippen LogP contribution < -0.4 is 40.0 Å². The third kappa shape index (κ3) is 3.64. The molecule has 0 saturated carbocycles. The van der Waals surface area contributed by atoms with Gasteiger partial charge in [-0.05, 0) is 6.42 Å². The number of aliphatic carboxylic acids is 1. The molecule has 110 valence electrons. The molecule has 2 atom stereocenters. The third-order valence-corrected chi connectivity index (χ3v) is 4.75. The molecule has 0 aliphatic carbocycles. The van der Waals surface area contributed by atoms with E-state index in [4.69, 9.17) is 0 Å². The molecule has 0 aromatic carbocycles. The molecule has 0 spiro atoms. The minimum Gasteiger partial charge on any atom is -0.543 e. The van der Waals surface area contributed by atoms with Gasteiger partial charge in [-0.25, -0.2) is 0 Å². The predicted octanol–water partition coefficient (Wildman–Crippen LogP) is -3.54. The van der Waals surface area contributed by atoms with Crippen molar-refractivity contribution in [2.75, 3.05) is 12.3 Å². The minimum absolute atomic E-state index is 0. The summed E-state index contributed by atoms with van der Waals surface area (Å²) in [5.74, 6) is -1.02. The van der Waals surface area contributed by atoms with Gasteiger partial charge in [0.2, 0.25) is 11.8 Å². The van der Waals surface area contributed by atoms with Crippen molar-refractivity contribution >= 4 is 29.5 Å². The fourth-order valence-corrected chi connectivity index (χ4v) is 3.78. The Bertz CT molecular complexity index is 495. The van der Waals surface area contributed by atoms with Crippen molar-refractivity contribution in [1.29, 1.82) is 0 Å². The molecular formula is C13H17N2NaO4S. The zero-order valence-electron chi connectivity index (χ0n) is 12.5. The molecular weight excluding hydrogens is 303 g/mol. The average molecular weight is 320 g/mol. The molecule has 21 heavy (non-hydrogen) atoms. The molecule has 0 aromatic heterocycles. The van der Waals surface area contributed by atoms with E-state index in [9.17, 15) is 19.5 Å². The van der Waals surface area contributed by atoms with E-state index in [1.807, 2.05) is 6.92 Å². The first-order valence-corrected chi connectivity index (χ1v) is 7.60. The molecule has 1 fully saturated rings. The summed E-state index contributed by atoms with van der Waals surface area (Å²) in [6.07, 6.45) is 1.31.